The van der Waals surface area contributed by atoms with E-state index >= 15 is 0 Å². The Morgan fingerprint density at radius 2 is 1.61 bits per heavy atom. The van der Waals surface area contributed by atoms with Crippen molar-refractivity contribution in [3.63, 3.8) is 0 Å². The van der Waals surface area contributed by atoms with Gasteiger partial charge < -0.3 is 24.6 Å². The van der Waals surface area contributed by atoms with E-state index in [-0.39, 0.29) is 18.4 Å². The number of carbonyl (C=O) groups is 2. The van der Waals surface area contributed by atoms with Gasteiger partial charge in [-0.05, 0) is 63.8 Å². The van der Waals surface area contributed by atoms with Crippen LogP contribution in [-0.4, -0.2) is 44.7 Å². The van der Waals surface area contributed by atoms with Gasteiger partial charge in [0.25, 0.3) is 0 Å². The smallest absolute Gasteiger partial charge is 0.408 e. The highest BCUT2D eigenvalue weighted by molar-refractivity contribution is 7.80. The number of ether oxygens (including phenoxy) is 1. The van der Waals surface area contributed by atoms with Crippen LogP contribution in [0.2, 0.25) is 0 Å². The second-order valence-corrected chi connectivity index (χ2v) is 9.70. The summed E-state index contributed by atoms with van der Waals surface area (Å²) in [7, 11) is 0. The summed E-state index contributed by atoms with van der Waals surface area (Å²) in [5.41, 5.74) is 3.79. The maximum Gasteiger partial charge on any atom is 0.408 e. The SMILES string of the molecule is C/C=C(/CC)N=C(C)[C@H](Cc1ccc(NS(=O)[O-])cc1)NC(=O)[C@@H](Cc1ccccc1)NC(=O)OC(C)C. The van der Waals surface area contributed by atoms with Crippen molar-refractivity contribution in [2.75, 3.05) is 4.72 Å². The van der Waals surface area contributed by atoms with Crippen molar-refractivity contribution < 1.29 is 23.1 Å². The number of carbonyl (C=O) groups excluding carboxylic acids is 2. The third-order valence-electron chi connectivity index (χ3n) is 5.67. The predicted octanol–water partition coefficient (Wildman–Crippen LogP) is 4.44. The van der Waals surface area contributed by atoms with Crippen LogP contribution < -0.4 is 15.4 Å². The summed E-state index contributed by atoms with van der Waals surface area (Å²) in [5.74, 6) is -0.368. The summed E-state index contributed by atoms with van der Waals surface area (Å²) in [6.45, 7) is 9.25. The molecule has 0 radical (unpaired) electrons. The van der Waals surface area contributed by atoms with Crippen LogP contribution in [0.15, 0.2) is 71.4 Å². The van der Waals surface area contributed by atoms with Crippen LogP contribution in [0.1, 0.15) is 52.2 Å². The molecule has 3 atom stereocenters. The molecule has 0 spiro atoms. The fourth-order valence-corrected chi connectivity index (χ4v) is 4.05. The van der Waals surface area contributed by atoms with Gasteiger partial charge in [-0.3, -0.25) is 14.0 Å². The Morgan fingerprint density at radius 3 is 2.16 bits per heavy atom. The van der Waals surface area contributed by atoms with Crippen molar-refractivity contribution >= 4 is 34.7 Å². The van der Waals surface area contributed by atoms with Crippen molar-refractivity contribution in [1.82, 2.24) is 10.6 Å². The van der Waals surface area contributed by atoms with Crippen LogP contribution >= 0.6 is 0 Å². The molecule has 0 aliphatic rings. The Hall–Kier alpha value is -3.50. The van der Waals surface area contributed by atoms with Gasteiger partial charge in [-0.15, -0.1) is 0 Å². The number of rotatable bonds is 13. The largest absolute Gasteiger partial charge is 0.755 e. The van der Waals surface area contributed by atoms with Crippen LogP contribution in [-0.2, 0) is 33.6 Å². The normalized spacial score (nSPS) is 14.4. The molecule has 0 saturated carbocycles. The van der Waals surface area contributed by atoms with Gasteiger partial charge in [0.1, 0.15) is 6.04 Å². The number of hydrogen-bond acceptors (Lipinski definition) is 6. The van der Waals surface area contributed by atoms with E-state index in [4.69, 9.17) is 9.73 Å². The number of allylic oxidation sites excluding steroid dienone is 2. The number of aliphatic imine (C=N–C) groups is 1. The number of amides is 2. The molecule has 2 rings (SSSR count). The Labute approximate surface area is 227 Å². The van der Waals surface area contributed by atoms with Gasteiger partial charge >= 0.3 is 6.09 Å². The third-order valence-corrected chi connectivity index (χ3v) is 6.07. The zero-order valence-corrected chi connectivity index (χ0v) is 23.3. The zero-order valence-electron chi connectivity index (χ0n) is 22.5. The van der Waals surface area contributed by atoms with Crippen molar-refractivity contribution in [3.8, 4) is 0 Å². The first-order valence-electron chi connectivity index (χ1n) is 12.6. The van der Waals surface area contributed by atoms with Crippen LogP contribution in [0.4, 0.5) is 10.5 Å². The molecular weight excluding hydrogens is 504 g/mol. The van der Waals surface area contributed by atoms with Gasteiger partial charge in [-0.2, -0.15) is 0 Å². The van der Waals surface area contributed by atoms with Crippen LogP contribution in [0.3, 0.4) is 0 Å². The molecule has 0 bridgehead atoms. The van der Waals surface area contributed by atoms with Crippen molar-refractivity contribution in [3.05, 3.63) is 77.5 Å². The zero-order chi connectivity index (χ0) is 28.1. The van der Waals surface area contributed by atoms with Crippen LogP contribution in [0.5, 0.6) is 0 Å². The molecule has 0 aliphatic carbocycles. The van der Waals surface area contributed by atoms with Gasteiger partial charge in [0.05, 0.1) is 12.1 Å². The standard InChI is InChI=1S/C28H38N4O5S/c1-6-23(7-2)29-20(5)25(17-22-13-15-24(16-14-22)32-38(35)36)30-27(33)26(31-28(34)37-19(3)4)18-21-11-9-8-10-12-21/h6,8-16,19,25-26,32H,7,17-18H2,1-5H3,(H,30,33)(H,31,34)(H,35,36)/p-1/b23-6-,29-20?/t25-,26+/m0/s1. The topological polar surface area (TPSA) is 132 Å². The lowest BCUT2D eigenvalue weighted by Gasteiger charge is -2.24. The molecule has 38 heavy (non-hydrogen) atoms. The maximum absolute atomic E-state index is 13.5. The number of anilines is 1. The fourth-order valence-electron chi connectivity index (χ4n) is 3.72. The molecule has 1 unspecified atom stereocenters. The highest BCUT2D eigenvalue weighted by Crippen LogP contribution is 2.14. The molecule has 3 N–H and O–H groups in total. The summed E-state index contributed by atoms with van der Waals surface area (Å²) in [5, 5.41) is 5.77. The minimum absolute atomic E-state index is 0.282. The quantitative estimate of drug-likeness (QED) is 0.255. The first kappa shape index (κ1) is 30.7. The molecule has 2 aromatic rings. The molecule has 2 amide bonds. The van der Waals surface area contributed by atoms with Gasteiger partial charge in [0.15, 0.2) is 0 Å². The van der Waals surface area contributed by atoms with Gasteiger partial charge in [-0.25, -0.2) is 4.79 Å². The van der Waals surface area contributed by atoms with Gasteiger partial charge in [0, 0.05) is 34.8 Å². The summed E-state index contributed by atoms with van der Waals surface area (Å²) in [6, 6.07) is 15.0. The molecule has 0 fully saturated rings. The van der Waals surface area contributed by atoms with Crippen molar-refractivity contribution in [2.45, 2.75) is 72.1 Å². The van der Waals surface area contributed by atoms with E-state index in [0.29, 0.717) is 17.8 Å². The van der Waals surface area contributed by atoms with Gasteiger partial charge in [0.2, 0.25) is 5.91 Å². The Bertz CT molecular complexity index is 1130. The van der Waals surface area contributed by atoms with E-state index in [2.05, 4.69) is 15.4 Å². The molecule has 9 nitrogen and oxygen atoms in total. The Balaban J connectivity index is 2.32. The minimum atomic E-state index is -2.42. The highest BCUT2D eigenvalue weighted by atomic mass is 32.2. The fraction of sp³-hybridized carbons (Fsp3) is 0.393. The molecule has 10 heteroatoms. The van der Waals surface area contributed by atoms with Gasteiger partial charge in [-0.1, -0.05) is 55.5 Å². The van der Waals surface area contributed by atoms with E-state index in [1.807, 2.05) is 57.2 Å². The lowest BCUT2D eigenvalue weighted by atomic mass is 10.00. The first-order valence-corrected chi connectivity index (χ1v) is 13.6. The lowest BCUT2D eigenvalue weighted by molar-refractivity contribution is -0.123. The highest BCUT2D eigenvalue weighted by Gasteiger charge is 2.26. The number of alkyl carbamates (subject to hydrolysis) is 1. The second-order valence-electron chi connectivity index (χ2n) is 9.03. The predicted molar refractivity (Wildman–Crippen MR) is 150 cm³/mol. The average Bonchev–Trinajstić information content (AvgIpc) is 2.87. The van der Waals surface area contributed by atoms with E-state index in [1.54, 1.807) is 38.1 Å². The number of hydrogen-bond donors (Lipinski definition) is 3. The third kappa shape index (κ3) is 10.9. The maximum atomic E-state index is 13.5. The van der Waals surface area contributed by atoms with Crippen molar-refractivity contribution in [1.29, 1.82) is 0 Å². The second kappa shape index (κ2) is 15.7. The molecule has 0 heterocycles. The van der Waals surface area contributed by atoms with E-state index in [1.165, 1.54) is 0 Å². The lowest BCUT2D eigenvalue weighted by Crippen LogP contribution is -2.53. The summed E-state index contributed by atoms with van der Waals surface area (Å²) < 4.78 is 29.4. The van der Waals surface area contributed by atoms with Crippen molar-refractivity contribution in [2.24, 2.45) is 4.99 Å². The first-order chi connectivity index (χ1) is 18.1. The molecule has 0 aliphatic heterocycles. The van der Waals surface area contributed by atoms with E-state index in [9.17, 15) is 18.4 Å². The summed E-state index contributed by atoms with van der Waals surface area (Å²) in [4.78, 5) is 30.7. The molecular formula is C28H37N4O5S-. The van der Waals surface area contributed by atoms with Crippen LogP contribution in [0, 0.1) is 0 Å². The van der Waals surface area contributed by atoms with E-state index < -0.39 is 29.4 Å². The molecule has 2 aromatic carbocycles. The summed E-state index contributed by atoms with van der Waals surface area (Å²) in [6.07, 6.45) is 2.36. The molecule has 206 valence electrons. The summed E-state index contributed by atoms with van der Waals surface area (Å²) >= 11 is -2.42. The Morgan fingerprint density at radius 1 is 1.00 bits per heavy atom. The Kier molecular flexibility index (Phi) is 12.7. The number of benzene rings is 2. The average molecular weight is 542 g/mol. The minimum Gasteiger partial charge on any atom is -0.755 e. The molecule has 0 aromatic heterocycles. The molecule has 0 saturated heterocycles. The number of nitrogens with zero attached hydrogens (tertiary/aromatic N) is 1. The monoisotopic (exact) mass is 541 g/mol. The van der Waals surface area contributed by atoms with Crippen LogP contribution in [0.25, 0.3) is 0 Å². The van der Waals surface area contributed by atoms with E-state index in [0.717, 1.165) is 23.2 Å². The number of nitrogens with one attached hydrogen (secondary N) is 3.